The lowest BCUT2D eigenvalue weighted by molar-refractivity contribution is -0.115. The molecule has 152 valence electrons. The summed E-state index contributed by atoms with van der Waals surface area (Å²) >= 11 is 0. The van der Waals surface area contributed by atoms with Gasteiger partial charge in [0.1, 0.15) is 11.6 Å². The molecule has 0 saturated heterocycles. The summed E-state index contributed by atoms with van der Waals surface area (Å²) in [4.78, 5) is 21.0. The van der Waals surface area contributed by atoms with Crippen LogP contribution in [-0.4, -0.2) is 25.7 Å². The van der Waals surface area contributed by atoms with Crippen molar-refractivity contribution < 1.29 is 9.18 Å². The summed E-state index contributed by atoms with van der Waals surface area (Å²) in [5, 5.41) is 8.32. The molecule has 0 bridgehead atoms. The molecule has 1 N–H and O–H groups in total. The van der Waals surface area contributed by atoms with E-state index in [1.54, 1.807) is 41.5 Å². The average molecular weight is 403 g/mol. The van der Waals surface area contributed by atoms with Gasteiger partial charge < -0.3 is 5.32 Å². The molecule has 0 aliphatic rings. The van der Waals surface area contributed by atoms with Gasteiger partial charge in [-0.3, -0.25) is 14.8 Å². The SMILES string of the molecule is CC(C)(C)c1cc(NC(=O)Cc2cc3cccnc3cc2F)n(-c2cccnc2)n1. The lowest BCUT2D eigenvalue weighted by Crippen LogP contribution is -2.18. The number of anilines is 1. The number of carbonyl (C=O) groups is 1. The Balaban J connectivity index is 1.63. The second-order valence-electron chi connectivity index (χ2n) is 8.15. The third-order valence-corrected chi connectivity index (χ3v) is 4.76. The van der Waals surface area contributed by atoms with E-state index in [0.29, 0.717) is 16.9 Å². The standard InChI is InChI=1S/C23H22FN5O/c1-23(2,3)20-13-21(29(28-20)17-7-5-8-25-14-17)27-22(30)11-16-10-15-6-4-9-26-19(15)12-18(16)24/h4-10,12-14H,11H2,1-3H3,(H,27,30). The minimum absolute atomic E-state index is 0.0975. The highest BCUT2D eigenvalue weighted by molar-refractivity contribution is 5.92. The molecule has 0 radical (unpaired) electrons. The van der Waals surface area contributed by atoms with E-state index in [0.717, 1.165) is 16.8 Å². The fraction of sp³-hybridized carbons (Fsp3) is 0.217. The molecule has 0 spiro atoms. The van der Waals surface area contributed by atoms with E-state index in [2.05, 4.69) is 20.4 Å². The van der Waals surface area contributed by atoms with Crippen LogP contribution in [0.5, 0.6) is 0 Å². The number of benzene rings is 1. The van der Waals surface area contributed by atoms with Gasteiger partial charge in [-0.1, -0.05) is 26.8 Å². The Morgan fingerprint density at radius 1 is 1.13 bits per heavy atom. The van der Waals surface area contributed by atoms with Crippen molar-refractivity contribution in [2.45, 2.75) is 32.6 Å². The highest BCUT2D eigenvalue weighted by Gasteiger charge is 2.22. The monoisotopic (exact) mass is 403 g/mol. The summed E-state index contributed by atoms with van der Waals surface area (Å²) in [6.45, 7) is 6.15. The minimum atomic E-state index is -0.451. The van der Waals surface area contributed by atoms with Gasteiger partial charge in [-0.25, -0.2) is 9.07 Å². The molecule has 7 heteroatoms. The number of nitrogens with zero attached hydrogens (tertiary/aromatic N) is 4. The van der Waals surface area contributed by atoms with Gasteiger partial charge >= 0.3 is 0 Å². The third-order valence-electron chi connectivity index (χ3n) is 4.76. The van der Waals surface area contributed by atoms with Gasteiger partial charge in [0.25, 0.3) is 0 Å². The van der Waals surface area contributed by atoms with Gasteiger partial charge in [0.15, 0.2) is 0 Å². The van der Waals surface area contributed by atoms with E-state index < -0.39 is 5.82 Å². The second-order valence-corrected chi connectivity index (χ2v) is 8.15. The molecule has 0 fully saturated rings. The third kappa shape index (κ3) is 4.05. The van der Waals surface area contributed by atoms with Crippen molar-refractivity contribution in [1.82, 2.24) is 19.7 Å². The Bertz CT molecular complexity index is 1210. The molecule has 4 rings (SSSR count). The maximum Gasteiger partial charge on any atom is 0.230 e. The Morgan fingerprint density at radius 3 is 2.67 bits per heavy atom. The molecular formula is C23H22FN5O. The molecule has 0 saturated carbocycles. The van der Waals surface area contributed by atoms with E-state index in [1.165, 1.54) is 6.07 Å². The summed E-state index contributed by atoms with van der Waals surface area (Å²) in [5.41, 5.74) is 2.22. The largest absolute Gasteiger partial charge is 0.310 e. The van der Waals surface area contributed by atoms with Crippen molar-refractivity contribution in [3.05, 3.63) is 78.1 Å². The van der Waals surface area contributed by atoms with Gasteiger partial charge in [0.05, 0.1) is 29.5 Å². The van der Waals surface area contributed by atoms with Crippen LogP contribution in [-0.2, 0) is 16.6 Å². The molecule has 0 unspecified atom stereocenters. The maximum absolute atomic E-state index is 14.5. The number of amides is 1. The number of fused-ring (bicyclic) bond motifs is 1. The zero-order chi connectivity index (χ0) is 21.3. The van der Waals surface area contributed by atoms with Crippen LogP contribution >= 0.6 is 0 Å². The topological polar surface area (TPSA) is 72.7 Å². The van der Waals surface area contributed by atoms with E-state index in [9.17, 15) is 9.18 Å². The predicted octanol–water partition coefficient (Wildman–Crippen LogP) is 4.43. The van der Waals surface area contributed by atoms with Crippen LogP contribution in [0, 0.1) is 5.82 Å². The van der Waals surface area contributed by atoms with Crippen LogP contribution in [0.1, 0.15) is 32.0 Å². The smallest absolute Gasteiger partial charge is 0.230 e. The fourth-order valence-corrected chi connectivity index (χ4v) is 3.15. The first-order valence-electron chi connectivity index (χ1n) is 9.65. The maximum atomic E-state index is 14.5. The number of hydrogen-bond donors (Lipinski definition) is 1. The summed E-state index contributed by atoms with van der Waals surface area (Å²) in [6.07, 6.45) is 4.86. The Labute approximate surface area is 173 Å². The molecule has 0 atom stereocenters. The number of rotatable bonds is 4. The van der Waals surface area contributed by atoms with Crippen LogP contribution in [0.3, 0.4) is 0 Å². The molecule has 0 aliphatic carbocycles. The number of aromatic nitrogens is 4. The summed E-state index contributed by atoms with van der Waals surface area (Å²) in [7, 11) is 0. The van der Waals surface area contributed by atoms with Crippen molar-refractivity contribution in [2.24, 2.45) is 0 Å². The predicted molar refractivity (Wildman–Crippen MR) is 114 cm³/mol. The van der Waals surface area contributed by atoms with Crippen molar-refractivity contribution >= 4 is 22.6 Å². The van der Waals surface area contributed by atoms with Crippen LogP contribution < -0.4 is 5.32 Å². The minimum Gasteiger partial charge on any atom is -0.310 e. The highest BCUT2D eigenvalue weighted by Crippen LogP contribution is 2.26. The van der Waals surface area contributed by atoms with E-state index >= 15 is 0 Å². The van der Waals surface area contributed by atoms with Crippen LogP contribution in [0.2, 0.25) is 0 Å². The molecule has 30 heavy (non-hydrogen) atoms. The fourth-order valence-electron chi connectivity index (χ4n) is 3.15. The summed E-state index contributed by atoms with van der Waals surface area (Å²) < 4.78 is 16.1. The van der Waals surface area contributed by atoms with Gasteiger partial charge in [-0.2, -0.15) is 5.10 Å². The first kappa shape index (κ1) is 19.7. The molecule has 1 aromatic carbocycles. The zero-order valence-electron chi connectivity index (χ0n) is 17.1. The Kier molecular flexibility index (Phi) is 5.03. The van der Waals surface area contributed by atoms with E-state index in [4.69, 9.17) is 0 Å². The normalized spacial score (nSPS) is 11.6. The number of nitrogens with one attached hydrogen (secondary N) is 1. The summed E-state index contributed by atoms with van der Waals surface area (Å²) in [5.74, 6) is -0.268. The van der Waals surface area contributed by atoms with E-state index in [1.807, 2.05) is 39.0 Å². The highest BCUT2D eigenvalue weighted by atomic mass is 19.1. The first-order chi connectivity index (χ1) is 14.3. The number of halogens is 1. The number of pyridine rings is 2. The molecule has 0 aliphatic heterocycles. The van der Waals surface area contributed by atoms with Crippen LogP contribution in [0.25, 0.3) is 16.6 Å². The lowest BCUT2D eigenvalue weighted by Gasteiger charge is -2.14. The van der Waals surface area contributed by atoms with Gasteiger partial charge in [0.2, 0.25) is 5.91 Å². The first-order valence-corrected chi connectivity index (χ1v) is 9.65. The Hall–Kier alpha value is -3.61. The average Bonchev–Trinajstić information content (AvgIpc) is 3.13. The lowest BCUT2D eigenvalue weighted by atomic mass is 9.92. The molecule has 3 aromatic heterocycles. The van der Waals surface area contributed by atoms with Crippen molar-refractivity contribution in [3.63, 3.8) is 0 Å². The molecule has 6 nitrogen and oxygen atoms in total. The van der Waals surface area contributed by atoms with Gasteiger partial charge in [-0.15, -0.1) is 0 Å². The van der Waals surface area contributed by atoms with E-state index in [-0.39, 0.29) is 17.7 Å². The van der Waals surface area contributed by atoms with Crippen LogP contribution in [0.4, 0.5) is 10.2 Å². The molecule has 3 heterocycles. The number of hydrogen-bond acceptors (Lipinski definition) is 4. The Morgan fingerprint density at radius 2 is 1.93 bits per heavy atom. The van der Waals surface area contributed by atoms with Crippen molar-refractivity contribution in [2.75, 3.05) is 5.32 Å². The van der Waals surface area contributed by atoms with Crippen LogP contribution in [0.15, 0.2) is 61.1 Å². The van der Waals surface area contributed by atoms with Crippen molar-refractivity contribution in [1.29, 1.82) is 0 Å². The van der Waals surface area contributed by atoms with Crippen molar-refractivity contribution in [3.8, 4) is 5.69 Å². The molecular weight excluding hydrogens is 381 g/mol. The zero-order valence-corrected chi connectivity index (χ0v) is 17.1. The molecule has 4 aromatic rings. The quantitative estimate of drug-likeness (QED) is 0.547. The van der Waals surface area contributed by atoms with Gasteiger partial charge in [-0.05, 0) is 29.8 Å². The summed E-state index contributed by atoms with van der Waals surface area (Å²) in [6, 6.07) is 12.1. The van der Waals surface area contributed by atoms with Gasteiger partial charge in [0, 0.05) is 35.3 Å². The number of carbonyl (C=O) groups excluding carboxylic acids is 1. The second kappa shape index (κ2) is 7.67. The molecule has 1 amide bonds.